The van der Waals surface area contributed by atoms with E-state index in [9.17, 15) is 4.39 Å². The quantitative estimate of drug-likeness (QED) is 0.752. The highest BCUT2D eigenvalue weighted by Gasteiger charge is 2.26. The van der Waals surface area contributed by atoms with Gasteiger partial charge in [0.1, 0.15) is 18.2 Å². The van der Waals surface area contributed by atoms with Crippen LogP contribution in [0.3, 0.4) is 0 Å². The molecule has 2 atom stereocenters. The smallest absolute Gasteiger partial charge is 0.145 e. The Hall–Kier alpha value is -0.360. The second-order valence-corrected chi connectivity index (χ2v) is 6.79. The van der Waals surface area contributed by atoms with Crippen molar-refractivity contribution >= 4 is 27.5 Å². The second-order valence-electron chi connectivity index (χ2n) is 5.53. The molecule has 118 valence electrons. The highest BCUT2D eigenvalue weighted by Crippen LogP contribution is 2.31. The second kappa shape index (κ2) is 7.77. The summed E-state index contributed by atoms with van der Waals surface area (Å²) < 4.78 is 25.6. The van der Waals surface area contributed by atoms with Crippen LogP contribution in [0, 0.1) is 5.82 Å². The summed E-state index contributed by atoms with van der Waals surface area (Å²) >= 11 is 9.02. The molecule has 1 aromatic rings. The van der Waals surface area contributed by atoms with Gasteiger partial charge in [0.2, 0.25) is 0 Å². The van der Waals surface area contributed by atoms with Crippen LogP contribution in [0.15, 0.2) is 16.6 Å². The molecule has 6 heteroatoms. The first-order valence-electron chi connectivity index (χ1n) is 7.12. The molecule has 2 rings (SSSR count). The van der Waals surface area contributed by atoms with Crippen molar-refractivity contribution in [3.05, 3.63) is 27.4 Å². The van der Waals surface area contributed by atoms with Gasteiger partial charge in [-0.3, -0.25) is 0 Å². The van der Waals surface area contributed by atoms with Gasteiger partial charge in [-0.05, 0) is 34.8 Å². The molecule has 0 aliphatic carbocycles. The van der Waals surface area contributed by atoms with Crippen molar-refractivity contribution in [1.29, 1.82) is 0 Å². The highest BCUT2D eigenvalue weighted by atomic mass is 79.9. The van der Waals surface area contributed by atoms with Gasteiger partial charge in [-0.25, -0.2) is 4.39 Å². The number of ether oxygens (including phenoxy) is 2. The number of nitrogens with one attached hydrogen (secondary N) is 1. The average molecular weight is 381 g/mol. The van der Waals surface area contributed by atoms with Crippen LogP contribution in [-0.4, -0.2) is 31.4 Å². The lowest BCUT2D eigenvalue weighted by atomic mass is 10.2. The van der Waals surface area contributed by atoms with E-state index in [1.54, 1.807) is 0 Å². The van der Waals surface area contributed by atoms with Gasteiger partial charge < -0.3 is 14.8 Å². The highest BCUT2D eigenvalue weighted by molar-refractivity contribution is 9.10. The van der Waals surface area contributed by atoms with E-state index >= 15 is 0 Å². The minimum atomic E-state index is -0.485. The van der Waals surface area contributed by atoms with E-state index in [0.717, 1.165) is 19.4 Å². The molecular formula is C15H20BrClFNO2. The predicted octanol–water partition coefficient (Wildman–Crippen LogP) is 4.17. The van der Waals surface area contributed by atoms with E-state index in [0.29, 0.717) is 22.9 Å². The molecular weight excluding hydrogens is 361 g/mol. The Labute approximate surface area is 138 Å². The fraction of sp³-hybridized carbons (Fsp3) is 0.600. The Bertz CT molecular complexity index is 487. The molecule has 1 heterocycles. The van der Waals surface area contributed by atoms with Crippen LogP contribution in [0.1, 0.15) is 26.7 Å². The number of hydrogen-bond donors (Lipinski definition) is 1. The van der Waals surface area contributed by atoms with Crippen molar-refractivity contribution in [1.82, 2.24) is 5.32 Å². The molecule has 0 amide bonds. The molecule has 1 aliphatic heterocycles. The van der Waals surface area contributed by atoms with Crippen molar-refractivity contribution in [3.8, 4) is 5.75 Å². The number of rotatable bonds is 6. The fourth-order valence-electron chi connectivity index (χ4n) is 2.22. The minimum absolute atomic E-state index is 0.0506. The van der Waals surface area contributed by atoms with Gasteiger partial charge in [-0.15, -0.1) is 0 Å². The van der Waals surface area contributed by atoms with Gasteiger partial charge in [0.05, 0.1) is 21.7 Å². The Balaban J connectivity index is 1.80. The lowest BCUT2D eigenvalue weighted by Crippen LogP contribution is -2.32. The molecule has 1 N–H and O–H groups in total. The molecule has 3 nitrogen and oxygen atoms in total. The van der Waals surface area contributed by atoms with E-state index in [1.165, 1.54) is 12.1 Å². The summed E-state index contributed by atoms with van der Waals surface area (Å²) in [4.78, 5) is 0. The lowest BCUT2D eigenvalue weighted by Gasteiger charge is -2.17. The zero-order valence-corrected chi connectivity index (χ0v) is 14.5. The summed E-state index contributed by atoms with van der Waals surface area (Å²) in [6.07, 6.45) is 2.25. The minimum Gasteiger partial charge on any atom is -0.490 e. The van der Waals surface area contributed by atoms with E-state index in [-0.39, 0.29) is 17.2 Å². The summed E-state index contributed by atoms with van der Waals surface area (Å²) in [5.74, 6) is -0.0366. The van der Waals surface area contributed by atoms with Gasteiger partial charge in [0, 0.05) is 18.7 Å². The molecule has 0 bridgehead atoms. The molecule has 1 aliphatic rings. The maximum atomic E-state index is 13.4. The summed E-state index contributed by atoms with van der Waals surface area (Å²) in [7, 11) is 0. The van der Waals surface area contributed by atoms with E-state index in [4.69, 9.17) is 21.1 Å². The van der Waals surface area contributed by atoms with E-state index in [2.05, 4.69) is 35.1 Å². The monoisotopic (exact) mass is 379 g/mol. The fourth-order valence-corrected chi connectivity index (χ4v) is 2.97. The zero-order valence-electron chi connectivity index (χ0n) is 12.2. The first kappa shape index (κ1) is 17.0. The topological polar surface area (TPSA) is 30.5 Å². The SMILES string of the molecule is CC(C)NCC1CCC(COc2cc(F)c(Cl)cc2Br)O1. The van der Waals surface area contributed by atoms with Gasteiger partial charge in [0.15, 0.2) is 0 Å². The van der Waals surface area contributed by atoms with Crippen LogP contribution < -0.4 is 10.1 Å². The van der Waals surface area contributed by atoms with Gasteiger partial charge in [0.25, 0.3) is 0 Å². The normalized spacial score (nSPS) is 22.0. The van der Waals surface area contributed by atoms with Crippen LogP contribution in [0.2, 0.25) is 5.02 Å². The van der Waals surface area contributed by atoms with E-state index in [1.807, 2.05) is 0 Å². The maximum Gasteiger partial charge on any atom is 0.145 e. The summed E-state index contributed by atoms with van der Waals surface area (Å²) in [5, 5.41) is 3.44. The summed E-state index contributed by atoms with van der Waals surface area (Å²) in [6, 6.07) is 3.24. The van der Waals surface area contributed by atoms with Crippen LogP contribution >= 0.6 is 27.5 Å². The molecule has 1 fully saturated rings. The summed E-state index contributed by atoms with van der Waals surface area (Å²) in [5.41, 5.74) is 0. The van der Waals surface area contributed by atoms with Crippen LogP contribution in [0.25, 0.3) is 0 Å². The molecule has 0 spiro atoms. The molecule has 21 heavy (non-hydrogen) atoms. The van der Waals surface area contributed by atoms with Crippen molar-refractivity contribution < 1.29 is 13.9 Å². The molecule has 0 aromatic heterocycles. The number of benzene rings is 1. The lowest BCUT2D eigenvalue weighted by molar-refractivity contribution is 0.0176. The third-order valence-electron chi connectivity index (χ3n) is 3.35. The molecule has 1 aromatic carbocycles. The summed E-state index contributed by atoms with van der Waals surface area (Å²) in [6.45, 7) is 5.50. The largest absolute Gasteiger partial charge is 0.490 e. The molecule has 0 radical (unpaired) electrons. The Morgan fingerprint density at radius 3 is 2.86 bits per heavy atom. The van der Waals surface area contributed by atoms with E-state index < -0.39 is 5.82 Å². The Kier molecular flexibility index (Phi) is 6.29. The third-order valence-corrected chi connectivity index (χ3v) is 4.26. The molecule has 2 unspecified atom stereocenters. The van der Waals surface area contributed by atoms with Crippen molar-refractivity contribution in [2.75, 3.05) is 13.2 Å². The number of hydrogen-bond acceptors (Lipinski definition) is 3. The first-order valence-corrected chi connectivity index (χ1v) is 8.29. The van der Waals surface area contributed by atoms with Crippen molar-refractivity contribution in [3.63, 3.8) is 0 Å². The van der Waals surface area contributed by atoms with Crippen LogP contribution in [0.4, 0.5) is 4.39 Å². The molecule has 1 saturated heterocycles. The van der Waals surface area contributed by atoms with Gasteiger partial charge in [-0.2, -0.15) is 0 Å². The number of halogens is 3. The first-order chi connectivity index (χ1) is 9.95. The Morgan fingerprint density at radius 1 is 1.43 bits per heavy atom. The van der Waals surface area contributed by atoms with Crippen LogP contribution in [-0.2, 0) is 4.74 Å². The Morgan fingerprint density at radius 2 is 2.14 bits per heavy atom. The predicted molar refractivity (Wildman–Crippen MR) is 85.6 cm³/mol. The maximum absolute atomic E-state index is 13.4. The third kappa shape index (κ3) is 5.09. The standard InChI is InChI=1S/C15H20BrClFNO2/c1-9(2)19-7-10-3-4-11(21-10)8-20-15-6-14(18)13(17)5-12(15)16/h5-6,9-11,19H,3-4,7-8H2,1-2H3. The van der Waals surface area contributed by atoms with Crippen LogP contribution in [0.5, 0.6) is 5.75 Å². The molecule has 0 saturated carbocycles. The zero-order chi connectivity index (χ0) is 15.4. The van der Waals surface area contributed by atoms with Gasteiger partial charge in [-0.1, -0.05) is 25.4 Å². The van der Waals surface area contributed by atoms with Gasteiger partial charge >= 0.3 is 0 Å². The van der Waals surface area contributed by atoms with Crippen molar-refractivity contribution in [2.45, 2.75) is 44.9 Å². The average Bonchev–Trinajstić information content (AvgIpc) is 2.87. The van der Waals surface area contributed by atoms with Crippen molar-refractivity contribution in [2.24, 2.45) is 0 Å².